The monoisotopic (exact) mass is 1030 g/mol. The summed E-state index contributed by atoms with van der Waals surface area (Å²) in [6, 6.07) is 1.51. The molecule has 0 aliphatic rings. The van der Waals surface area contributed by atoms with Gasteiger partial charge in [-0.25, -0.2) is 4.79 Å². The third-order valence-electron chi connectivity index (χ3n) is 7.86. The number of urea groups is 1. The first-order valence-electron chi connectivity index (χ1n) is 21.0. The predicted molar refractivity (Wildman–Crippen MR) is 268 cm³/mol. The summed E-state index contributed by atoms with van der Waals surface area (Å²) in [5.74, 6) is 0. The zero-order chi connectivity index (χ0) is 46.3. The molecule has 0 saturated heterocycles. The molecule has 0 aliphatic carbocycles. The molecule has 26 heteroatoms. The van der Waals surface area contributed by atoms with E-state index in [1.807, 2.05) is 0 Å². The molecule has 0 rings (SSSR count). The van der Waals surface area contributed by atoms with Crippen molar-refractivity contribution in [2.24, 2.45) is 5.73 Å². The highest BCUT2D eigenvalue weighted by molar-refractivity contribution is 6.94. The lowest BCUT2D eigenvalue weighted by Gasteiger charge is -2.45. The van der Waals surface area contributed by atoms with E-state index in [2.05, 4.69) is 169 Å². The Bertz CT molecular complexity index is 1300. The number of carbonyl (C=O) groups excluding carboxylic acids is 1. The SMILES string of the molecule is CCCC[Si](C)(C)O[Si](C)(C)O[Si](C)(C)O[Si](C)(C)O[Si](C)(C)O[Si](C)(C)O[Si](C)(C)O[Si](C)(C)O[Si](C)(C)O[Si](C)(C)O[Si](C)(C)O[Si](C)(C)CCCNC(N)=O. The number of rotatable bonds is 29. The molecule has 0 aromatic rings. The van der Waals surface area contributed by atoms with Crippen LogP contribution in [0.3, 0.4) is 0 Å². The first-order chi connectivity index (χ1) is 25.3. The number of primary amides is 1. The van der Waals surface area contributed by atoms with Gasteiger partial charge in [0.05, 0.1) is 0 Å². The Morgan fingerprint density at radius 2 is 0.552 bits per heavy atom. The van der Waals surface area contributed by atoms with Crippen LogP contribution in [-0.2, 0) is 45.3 Å². The smallest absolute Gasteiger partial charge is 0.314 e. The van der Waals surface area contributed by atoms with E-state index in [4.69, 9.17) is 51.0 Å². The number of unbranched alkanes of at least 4 members (excludes halogenated alkanes) is 1. The first kappa shape index (κ1) is 59.4. The minimum Gasteiger partial charge on any atom is -0.436 e. The largest absolute Gasteiger partial charge is 0.436 e. The normalized spacial score (nSPS) is 15.3. The summed E-state index contributed by atoms with van der Waals surface area (Å²) >= 11 is 0. The number of hydrogen-bond acceptors (Lipinski definition) is 12. The summed E-state index contributed by atoms with van der Waals surface area (Å²) in [5, 5.41) is 2.66. The highest BCUT2D eigenvalue weighted by Gasteiger charge is 2.51. The van der Waals surface area contributed by atoms with Crippen LogP contribution in [0.15, 0.2) is 0 Å². The van der Waals surface area contributed by atoms with Crippen molar-refractivity contribution in [1.82, 2.24) is 5.32 Å². The molecule has 14 nitrogen and oxygen atoms in total. The third kappa shape index (κ3) is 28.3. The van der Waals surface area contributed by atoms with E-state index in [1.54, 1.807) is 0 Å². The molecule has 0 saturated carbocycles. The lowest BCUT2D eigenvalue weighted by Crippen LogP contribution is -2.62. The van der Waals surface area contributed by atoms with Crippen LogP contribution >= 0.6 is 0 Å². The molecule has 58 heavy (non-hydrogen) atoms. The zero-order valence-electron chi connectivity index (χ0n) is 41.7. The molecule has 0 heterocycles. The molecule has 0 unspecified atom stereocenters. The van der Waals surface area contributed by atoms with Crippen molar-refractivity contribution < 1.29 is 50.1 Å². The summed E-state index contributed by atoms with van der Waals surface area (Å²) in [4.78, 5) is 11.1. The van der Waals surface area contributed by atoms with Crippen LogP contribution in [0.4, 0.5) is 4.79 Å². The van der Waals surface area contributed by atoms with Crippen molar-refractivity contribution in [1.29, 1.82) is 0 Å². The van der Waals surface area contributed by atoms with E-state index in [0.717, 1.165) is 18.5 Å². The third-order valence-corrected chi connectivity index (χ3v) is 54.7. The molecule has 0 aromatic carbocycles. The van der Waals surface area contributed by atoms with Crippen LogP contribution in [-0.4, -0.2) is 115 Å². The predicted octanol–water partition coefficient (Wildman–Crippen LogP) is 10.5. The Kier molecular flexibility index (Phi) is 22.1. The van der Waals surface area contributed by atoms with Crippen LogP contribution in [0.1, 0.15) is 26.2 Å². The average Bonchev–Trinajstić information content (AvgIpc) is 2.81. The molecule has 3 N–H and O–H groups in total. The molecule has 0 radical (unpaired) electrons. The van der Waals surface area contributed by atoms with Crippen molar-refractivity contribution in [3.63, 3.8) is 0 Å². The quantitative estimate of drug-likeness (QED) is 0.0541. The minimum atomic E-state index is -2.76. The van der Waals surface area contributed by atoms with E-state index in [-0.39, 0.29) is 0 Å². The molecular weight excluding hydrogens is 941 g/mol. The Labute approximate surface area is 369 Å². The van der Waals surface area contributed by atoms with Gasteiger partial charge in [0.25, 0.3) is 0 Å². The van der Waals surface area contributed by atoms with Gasteiger partial charge >= 0.3 is 91.6 Å². The second kappa shape index (κ2) is 21.6. The fraction of sp³-hybridized carbons (Fsp3) is 0.969. The lowest BCUT2D eigenvalue weighted by atomic mass is 10.4. The summed E-state index contributed by atoms with van der Waals surface area (Å²) in [7, 11) is -30.6. The van der Waals surface area contributed by atoms with Gasteiger partial charge in [0.2, 0.25) is 0 Å². The van der Waals surface area contributed by atoms with Crippen LogP contribution in [0.5, 0.6) is 0 Å². The fourth-order valence-corrected chi connectivity index (χ4v) is 70.0. The minimum absolute atomic E-state index is 0.506. The van der Waals surface area contributed by atoms with Gasteiger partial charge in [-0.15, -0.1) is 0 Å². The second-order valence-electron chi connectivity index (χ2n) is 21.1. The van der Waals surface area contributed by atoms with Gasteiger partial charge in [-0.2, -0.15) is 0 Å². The summed E-state index contributed by atoms with van der Waals surface area (Å²) in [6.07, 6.45) is 3.16. The Morgan fingerprint density at radius 1 is 0.362 bits per heavy atom. The van der Waals surface area contributed by atoms with Crippen LogP contribution in [0, 0.1) is 0 Å². The van der Waals surface area contributed by atoms with Crippen LogP contribution < -0.4 is 11.1 Å². The lowest BCUT2D eigenvalue weighted by molar-refractivity contribution is 0.247. The Morgan fingerprint density at radius 3 is 0.741 bits per heavy atom. The standard InChI is InChI=1S/C32H90N2O12Si12/c1-26-27-30-47(2,3)36-49(6,7)38-51(10,11)40-53(14,15)42-55(18,19)44-57(22,23)46-58(24,25)45-56(20,21)43-54(16,17)41-52(12,13)39-50(8,9)37-48(4,5)31-28-29-34-32(33)35/h26-31H2,1-25H3,(H3,33,34,35). The highest BCUT2D eigenvalue weighted by atomic mass is 28.5. The van der Waals surface area contributed by atoms with Gasteiger partial charge in [0.15, 0.2) is 16.6 Å². The number of hydrogen-bond donors (Lipinski definition) is 2. The summed E-state index contributed by atoms with van der Waals surface area (Å²) in [5.41, 5.74) is 5.22. The maximum atomic E-state index is 11.1. The Hall–Kier alpha value is 1.43. The molecule has 0 atom stereocenters. The van der Waals surface area contributed by atoms with Gasteiger partial charge in [-0.3, -0.25) is 0 Å². The van der Waals surface area contributed by atoms with Crippen molar-refractivity contribution in [3.05, 3.63) is 0 Å². The highest BCUT2D eigenvalue weighted by Crippen LogP contribution is 2.32. The second-order valence-corrected chi connectivity index (χ2v) is 66.2. The Balaban J connectivity index is 5.55. The number of nitrogens with one attached hydrogen (secondary N) is 1. The zero-order valence-corrected chi connectivity index (χ0v) is 53.7. The molecule has 0 spiro atoms. The van der Waals surface area contributed by atoms with Gasteiger partial charge in [0, 0.05) is 6.54 Å². The van der Waals surface area contributed by atoms with Crippen molar-refractivity contribution in [3.8, 4) is 0 Å². The van der Waals surface area contributed by atoms with Gasteiger partial charge in [-0.05, 0) is 176 Å². The molecule has 0 aromatic heterocycles. The summed E-state index contributed by atoms with van der Waals surface area (Å²) in [6.45, 7) is 53.3. The maximum Gasteiger partial charge on any atom is 0.314 e. The van der Waals surface area contributed by atoms with E-state index >= 15 is 0 Å². The average molecular weight is 1030 g/mol. The van der Waals surface area contributed by atoms with Gasteiger partial charge in [-0.1, -0.05) is 19.8 Å². The molecule has 2 amide bonds. The molecule has 0 aliphatic heterocycles. The van der Waals surface area contributed by atoms with Crippen molar-refractivity contribution >= 4 is 108 Å². The van der Waals surface area contributed by atoms with Gasteiger partial charge in [0.1, 0.15) is 0 Å². The van der Waals surface area contributed by atoms with E-state index in [0.29, 0.717) is 6.54 Å². The molecule has 0 fully saturated rings. The molecule has 348 valence electrons. The summed E-state index contributed by atoms with van der Waals surface area (Å²) < 4.78 is 74.7. The number of carbonyl (C=O) groups is 1. The first-order valence-corrected chi connectivity index (χ1v) is 55.4. The fourth-order valence-electron chi connectivity index (χ4n) is 8.30. The van der Waals surface area contributed by atoms with Crippen molar-refractivity contribution in [2.75, 3.05) is 6.54 Å². The van der Waals surface area contributed by atoms with E-state index in [1.165, 1.54) is 12.8 Å². The maximum absolute atomic E-state index is 11.1. The molecular formula is C32H90N2O12Si12. The van der Waals surface area contributed by atoms with Crippen molar-refractivity contribution in [2.45, 2.75) is 195 Å². The molecule has 0 bridgehead atoms. The van der Waals surface area contributed by atoms with Crippen LogP contribution in [0.25, 0.3) is 0 Å². The van der Waals surface area contributed by atoms with E-state index < -0.39 is 108 Å². The number of amides is 2. The van der Waals surface area contributed by atoms with Crippen LogP contribution in [0.2, 0.25) is 169 Å². The topological polar surface area (TPSA) is 157 Å². The number of nitrogens with two attached hydrogens (primary N) is 1. The van der Waals surface area contributed by atoms with E-state index in [9.17, 15) is 4.79 Å². The van der Waals surface area contributed by atoms with Gasteiger partial charge < -0.3 is 56.3 Å².